The summed E-state index contributed by atoms with van der Waals surface area (Å²) in [5.74, 6) is -0.225. The molecule has 0 aliphatic rings. The minimum atomic E-state index is -0.402. The second kappa shape index (κ2) is 18.6. The number of esters is 2. The van der Waals surface area contributed by atoms with Gasteiger partial charge in [0.1, 0.15) is 5.60 Å². The Balaban J connectivity index is 0.000000597. The van der Waals surface area contributed by atoms with E-state index in [9.17, 15) is 9.59 Å². The van der Waals surface area contributed by atoms with Crippen LogP contribution >= 0.6 is 0 Å². The van der Waals surface area contributed by atoms with Gasteiger partial charge < -0.3 is 14.6 Å². The molecule has 0 saturated carbocycles. The van der Waals surface area contributed by atoms with Crippen LogP contribution in [0.3, 0.4) is 0 Å². The van der Waals surface area contributed by atoms with Gasteiger partial charge in [0.15, 0.2) is 0 Å². The molecule has 35 heavy (non-hydrogen) atoms. The Labute approximate surface area is 212 Å². The molecule has 2 aromatic rings. The summed E-state index contributed by atoms with van der Waals surface area (Å²) < 4.78 is 10.5. The average Bonchev–Trinajstić information content (AvgIpc) is 2.82. The van der Waals surface area contributed by atoms with Crippen LogP contribution in [0.15, 0.2) is 60.7 Å². The van der Waals surface area contributed by atoms with Gasteiger partial charge in [0.05, 0.1) is 18.4 Å². The minimum absolute atomic E-state index is 0.00708. The van der Waals surface area contributed by atoms with Crippen molar-refractivity contribution in [2.45, 2.75) is 79.8 Å². The molecule has 0 fully saturated rings. The molecule has 0 heterocycles. The molecule has 2 atom stereocenters. The number of aliphatic hydroxyl groups is 1. The summed E-state index contributed by atoms with van der Waals surface area (Å²) in [5.41, 5.74) is 1.98. The standard InChI is InChI=1S/C15H22O2.C13H18O2.C2H6O/c1-5-13(14(16)17-15(2,3)4)11-12-9-7-6-8-10-12;1-3-12(13(14)15-4-2)10-11-8-6-5-7-9-11;1-2-3/h6-10,13H,5,11H2,1-4H3;5-9,12H,3-4,10H2,1-2H3;3H,2H2,1H3/t13-;12-;/m00./s1. The molecule has 2 rings (SSSR count). The number of carbonyl (C=O) groups is 2. The Kier molecular flexibility index (Phi) is 17.2. The van der Waals surface area contributed by atoms with Crippen LogP contribution in [0.1, 0.15) is 72.4 Å². The van der Waals surface area contributed by atoms with Gasteiger partial charge in [-0.25, -0.2) is 0 Å². The topological polar surface area (TPSA) is 72.8 Å². The van der Waals surface area contributed by atoms with Crippen molar-refractivity contribution in [3.8, 4) is 0 Å². The van der Waals surface area contributed by atoms with E-state index < -0.39 is 5.60 Å². The highest BCUT2D eigenvalue weighted by Gasteiger charge is 2.23. The number of ether oxygens (including phenoxy) is 2. The third-order valence-electron chi connectivity index (χ3n) is 5.00. The smallest absolute Gasteiger partial charge is 0.309 e. The van der Waals surface area contributed by atoms with Gasteiger partial charge in [0.25, 0.3) is 0 Å². The highest BCUT2D eigenvalue weighted by atomic mass is 16.6. The summed E-state index contributed by atoms with van der Waals surface area (Å²) in [6, 6.07) is 20.1. The van der Waals surface area contributed by atoms with Crippen molar-refractivity contribution in [3.63, 3.8) is 0 Å². The van der Waals surface area contributed by atoms with Crippen molar-refractivity contribution < 1.29 is 24.2 Å². The van der Waals surface area contributed by atoms with E-state index in [0.717, 1.165) is 25.7 Å². The first-order valence-electron chi connectivity index (χ1n) is 12.7. The Morgan fingerprint density at radius 3 is 1.43 bits per heavy atom. The highest BCUT2D eigenvalue weighted by molar-refractivity contribution is 5.73. The monoisotopic (exact) mass is 486 g/mol. The maximum atomic E-state index is 12.0. The highest BCUT2D eigenvalue weighted by Crippen LogP contribution is 2.18. The summed E-state index contributed by atoms with van der Waals surface area (Å²) in [5, 5.41) is 7.57. The number of hydrogen-bond acceptors (Lipinski definition) is 5. The molecule has 1 N–H and O–H groups in total. The van der Waals surface area contributed by atoms with Gasteiger partial charge in [0.2, 0.25) is 0 Å². The largest absolute Gasteiger partial charge is 0.466 e. The second-order valence-corrected chi connectivity index (χ2v) is 9.19. The number of carbonyl (C=O) groups excluding carboxylic acids is 2. The van der Waals surface area contributed by atoms with Crippen LogP contribution in [-0.4, -0.2) is 35.9 Å². The maximum absolute atomic E-state index is 12.0. The van der Waals surface area contributed by atoms with E-state index in [0.29, 0.717) is 6.61 Å². The van der Waals surface area contributed by atoms with Gasteiger partial charge in [-0.15, -0.1) is 0 Å². The molecule has 0 radical (unpaired) electrons. The molecule has 0 aromatic heterocycles. The normalized spacial score (nSPS) is 12.1. The molecule has 0 bridgehead atoms. The van der Waals surface area contributed by atoms with E-state index in [4.69, 9.17) is 14.6 Å². The molecule has 196 valence electrons. The average molecular weight is 487 g/mol. The fraction of sp³-hybridized carbons (Fsp3) is 0.533. The van der Waals surface area contributed by atoms with Gasteiger partial charge in [-0.2, -0.15) is 0 Å². The summed E-state index contributed by atoms with van der Waals surface area (Å²) in [6.07, 6.45) is 3.17. The molecular formula is C30H46O5. The van der Waals surface area contributed by atoms with Crippen LogP contribution in [0.5, 0.6) is 0 Å². The van der Waals surface area contributed by atoms with E-state index in [2.05, 4.69) is 0 Å². The molecule has 5 heteroatoms. The van der Waals surface area contributed by atoms with Gasteiger partial charge in [0, 0.05) is 6.61 Å². The molecule has 0 unspecified atom stereocenters. The zero-order valence-electron chi connectivity index (χ0n) is 22.8. The van der Waals surface area contributed by atoms with Crippen LogP contribution in [0, 0.1) is 11.8 Å². The number of aliphatic hydroxyl groups excluding tert-OH is 1. The Hall–Kier alpha value is -2.66. The molecule has 0 amide bonds. The molecule has 2 aromatic carbocycles. The van der Waals surface area contributed by atoms with Gasteiger partial charge in [-0.3, -0.25) is 9.59 Å². The van der Waals surface area contributed by atoms with E-state index in [1.807, 2.05) is 102 Å². The molecule has 0 spiro atoms. The molecule has 0 aliphatic heterocycles. The second-order valence-electron chi connectivity index (χ2n) is 9.19. The lowest BCUT2D eigenvalue weighted by molar-refractivity contribution is -0.160. The minimum Gasteiger partial charge on any atom is -0.466 e. The first-order chi connectivity index (χ1) is 16.6. The third kappa shape index (κ3) is 15.8. The number of rotatable bonds is 9. The summed E-state index contributed by atoms with van der Waals surface area (Å²) in [6.45, 7) is 14.0. The third-order valence-corrected chi connectivity index (χ3v) is 5.00. The van der Waals surface area contributed by atoms with Gasteiger partial charge >= 0.3 is 11.9 Å². The fourth-order valence-corrected chi connectivity index (χ4v) is 3.23. The lowest BCUT2D eigenvalue weighted by atomic mass is 9.97. The summed E-state index contributed by atoms with van der Waals surface area (Å²) in [7, 11) is 0. The quantitative estimate of drug-likeness (QED) is 0.414. The van der Waals surface area contributed by atoms with Crippen molar-refractivity contribution in [2.24, 2.45) is 11.8 Å². The van der Waals surface area contributed by atoms with Crippen LogP contribution < -0.4 is 0 Å². The first-order valence-corrected chi connectivity index (χ1v) is 12.7. The lowest BCUT2D eigenvalue weighted by Gasteiger charge is -2.23. The van der Waals surface area contributed by atoms with Gasteiger partial charge in [-0.05, 0) is 71.4 Å². The first kappa shape index (κ1) is 32.3. The lowest BCUT2D eigenvalue weighted by Crippen LogP contribution is -2.29. The SMILES string of the molecule is CCO.CCOC(=O)[C@@H](CC)Cc1ccccc1.CC[C@@H](Cc1ccccc1)C(=O)OC(C)(C)C. The van der Waals surface area contributed by atoms with Crippen molar-refractivity contribution in [3.05, 3.63) is 71.8 Å². The molecule has 5 nitrogen and oxygen atoms in total. The molecule has 0 saturated heterocycles. The summed E-state index contributed by atoms with van der Waals surface area (Å²) >= 11 is 0. The number of hydrogen-bond donors (Lipinski definition) is 1. The van der Waals surface area contributed by atoms with Crippen molar-refractivity contribution in [1.82, 2.24) is 0 Å². The van der Waals surface area contributed by atoms with Crippen LogP contribution in [0.2, 0.25) is 0 Å². The molecule has 0 aliphatic carbocycles. The fourth-order valence-electron chi connectivity index (χ4n) is 3.23. The Bertz CT molecular complexity index is 797. The number of benzene rings is 2. The zero-order chi connectivity index (χ0) is 26.7. The van der Waals surface area contributed by atoms with E-state index in [-0.39, 0.29) is 30.4 Å². The Morgan fingerprint density at radius 2 is 1.11 bits per heavy atom. The van der Waals surface area contributed by atoms with Crippen molar-refractivity contribution >= 4 is 11.9 Å². The van der Waals surface area contributed by atoms with Crippen LogP contribution in [-0.2, 0) is 31.9 Å². The summed E-state index contributed by atoms with van der Waals surface area (Å²) in [4.78, 5) is 23.5. The predicted octanol–water partition coefficient (Wildman–Crippen LogP) is 6.41. The van der Waals surface area contributed by atoms with E-state index in [1.54, 1.807) is 6.92 Å². The predicted molar refractivity (Wildman–Crippen MR) is 143 cm³/mol. The van der Waals surface area contributed by atoms with Crippen molar-refractivity contribution in [1.29, 1.82) is 0 Å². The molecular weight excluding hydrogens is 440 g/mol. The maximum Gasteiger partial charge on any atom is 0.309 e. The Morgan fingerprint density at radius 1 is 0.743 bits per heavy atom. The zero-order valence-corrected chi connectivity index (χ0v) is 22.8. The van der Waals surface area contributed by atoms with Crippen molar-refractivity contribution in [2.75, 3.05) is 13.2 Å². The van der Waals surface area contributed by atoms with Crippen LogP contribution in [0.4, 0.5) is 0 Å². The van der Waals surface area contributed by atoms with E-state index in [1.165, 1.54) is 11.1 Å². The van der Waals surface area contributed by atoms with Gasteiger partial charge in [-0.1, -0.05) is 74.5 Å². The van der Waals surface area contributed by atoms with Crippen LogP contribution in [0.25, 0.3) is 0 Å². The van der Waals surface area contributed by atoms with E-state index >= 15 is 0 Å².